The zero-order valence-corrected chi connectivity index (χ0v) is 19.8. The number of hydrogen-bond acceptors (Lipinski definition) is 4. The SMILES string of the molecule is CCNC(=O)C(C)N(Cc1ccccc1)C(=O)CN(c1cc(Cl)cc(Cl)c1)S(C)(=O)=O. The summed E-state index contributed by atoms with van der Waals surface area (Å²) >= 11 is 12.0. The Morgan fingerprint density at radius 3 is 2.16 bits per heavy atom. The van der Waals surface area contributed by atoms with Crippen LogP contribution in [0, 0.1) is 0 Å². The number of carbonyl (C=O) groups excluding carboxylic acids is 2. The molecular weight excluding hydrogens is 461 g/mol. The molecule has 10 heteroatoms. The van der Waals surface area contributed by atoms with E-state index in [1.807, 2.05) is 30.3 Å². The van der Waals surface area contributed by atoms with Crippen molar-refractivity contribution in [2.75, 3.05) is 23.7 Å². The van der Waals surface area contributed by atoms with Crippen LogP contribution in [-0.2, 0) is 26.2 Å². The van der Waals surface area contributed by atoms with Crippen molar-refractivity contribution < 1.29 is 18.0 Å². The highest BCUT2D eigenvalue weighted by Gasteiger charge is 2.30. The van der Waals surface area contributed by atoms with Crippen molar-refractivity contribution in [2.45, 2.75) is 26.4 Å². The van der Waals surface area contributed by atoms with Crippen LogP contribution in [0.25, 0.3) is 0 Å². The number of amides is 2. The van der Waals surface area contributed by atoms with Gasteiger partial charge in [-0.3, -0.25) is 13.9 Å². The van der Waals surface area contributed by atoms with Gasteiger partial charge in [0.15, 0.2) is 0 Å². The van der Waals surface area contributed by atoms with Crippen molar-refractivity contribution in [3.05, 3.63) is 64.1 Å². The average Bonchev–Trinajstić information content (AvgIpc) is 2.68. The molecule has 7 nitrogen and oxygen atoms in total. The van der Waals surface area contributed by atoms with Gasteiger partial charge in [-0.25, -0.2) is 8.42 Å². The number of hydrogen-bond donors (Lipinski definition) is 1. The van der Waals surface area contributed by atoms with E-state index in [4.69, 9.17) is 23.2 Å². The van der Waals surface area contributed by atoms with Crippen LogP contribution in [0.1, 0.15) is 19.4 Å². The molecular formula is C21H25Cl2N3O4S. The fourth-order valence-electron chi connectivity index (χ4n) is 2.98. The van der Waals surface area contributed by atoms with Crippen LogP contribution in [0.15, 0.2) is 48.5 Å². The molecule has 0 saturated carbocycles. The van der Waals surface area contributed by atoms with Crippen molar-refractivity contribution >= 4 is 50.7 Å². The quantitative estimate of drug-likeness (QED) is 0.589. The van der Waals surface area contributed by atoms with E-state index in [0.717, 1.165) is 16.1 Å². The largest absolute Gasteiger partial charge is 0.355 e. The third-order valence-corrected chi connectivity index (χ3v) is 6.11. The Kier molecular flexibility index (Phi) is 8.73. The molecule has 2 aromatic carbocycles. The molecule has 1 atom stereocenters. The zero-order chi connectivity index (χ0) is 23.2. The van der Waals surface area contributed by atoms with E-state index < -0.39 is 28.5 Å². The molecule has 168 valence electrons. The average molecular weight is 486 g/mol. The van der Waals surface area contributed by atoms with Gasteiger partial charge in [-0.2, -0.15) is 0 Å². The zero-order valence-electron chi connectivity index (χ0n) is 17.5. The third kappa shape index (κ3) is 7.12. The molecule has 0 saturated heterocycles. The van der Waals surface area contributed by atoms with Gasteiger partial charge >= 0.3 is 0 Å². The van der Waals surface area contributed by atoms with Gasteiger partial charge in [0, 0.05) is 23.1 Å². The summed E-state index contributed by atoms with van der Waals surface area (Å²) in [6.45, 7) is 3.43. The van der Waals surface area contributed by atoms with Gasteiger partial charge in [0.25, 0.3) is 0 Å². The summed E-state index contributed by atoms with van der Waals surface area (Å²) < 4.78 is 25.9. The maximum Gasteiger partial charge on any atom is 0.244 e. The Morgan fingerprint density at radius 1 is 1.06 bits per heavy atom. The minimum absolute atomic E-state index is 0.145. The summed E-state index contributed by atoms with van der Waals surface area (Å²) in [7, 11) is -3.84. The number of sulfonamides is 1. The number of rotatable bonds is 9. The van der Waals surface area contributed by atoms with Gasteiger partial charge in [0.1, 0.15) is 12.6 Å². The van der Waals surface area contributed by atoms with Crippen LogP contribution in [0.3, 0.4) is 0 Å². The Morgan fingerprint density at radius 2 is 1.65 bits per heavy atom. The van der Waals surface area contributed by atoms with Crippen molar-refractivity contribution in [1.29, 1.82) is 0 Å². The predicted molar refractivity (Wildman–Crippen MR) is 124 cm³/mol. The first-order chi connectivity index (χ1) is 14.5. The Labute approximate surface area is 193 Å². The summed E-state index contributed by atoms with van der Waals surface area (Å²) in [5.74, 6) is -0.868. The normalized spacial score (nSPS) is 12.2. The second-order valence-electron chi connectivity index (χ2n) is 6.98. The molecule has 2 amide bonds. The Bertz CT molecular complexity index is 1010. The summed E-state index contributed by atoms with van der Waals surface area (Å²) in [6.07, 6.45) is 0.990. The highest BCUT2D eigenvalue weighted by Crippen LogP contribution is 2.27. The lowest BCUT2D eigenvalue weighted by Gasteiger charge is -2.31. The first kappa shape index (κ1) is 25.0. The number of nitrogens with zero attached hydrogens (tertiary/aromatic N) is 2. The van der Waals surface area contributed by atoms with Crippen LogP contribution in [-0.4, -0.2) is 50.5 Å². The number of benzene rings is 2. The van der Waals surface area contributed by atoms with Gasteiger partial charge < -0.3 is 10.2 Å². The van der Waals surface area contributed by atoms with Gasteiger partial charge in [0.2, 0.25) is 21.8 Å². The molecule has 0 heterocycles. The second kappa shape index (κ2) is 10.8. The number of likely N-dealkylation sites (N-methyl/N-ethyl adjacent to an activating group) is 1. The smallest absolute Gasteiger partial charge is 0.244 e. The molecule has 1 unspecified atom stereocenters. The van der Waals surface area contributed by atoms with Crippen LogP contribution in [0.5, 0.6) is 0 Å². The monoisotopic (exact) mass is 485 g/mol. The lowest BCUT2D eigenvalue weighted by atomic mass is 10.1. The van der Waals surface area contributed by atoms with Gasteiger partial charge in [-0.05, 0) is 37.6 Å². The first-order valence-electron chi connectivity index (χ1n) is 9.57. The van der Waals surface area contributed by atoms with Crippen molar-refractivity contribution in [2.24, 2.45) is 0 Å². The van der Waals surface area contributed by atoms with Crippen LogP contribution < -0.4 is 9.62 Å². The number of nitrogens with one attached hydrogen (secondary N) is 1. The van der Waals surface area contributed by atoms with E-state index in [-0.39, 0.29) is 28.2 Å². The summed E-state index contributed by atoms with van der Waals surface area (Å²) in [5.41, 5.74) is 0.974. The lowest BCUT2D eigenvalue weighted by Crippen LogP contribution is -2.51. The highest BCUT2D eigenvalue weighted by molar-refractivity contribution is 7.92. The molecule has 31 heavy (non-hydrogen) atoms. The minimum atomic E-state index is -3.84. The number of anilines is 1. The van der Waals surface area contributed by atoms with E-state index in [1.54, 1.807) is 13.8 Å². The molecule has 0 aromatic heterocycles. The van der Waals surface area contributed by atoms with Crippen molar-refractivity contribution in [3.8, 4) is 0 Å². The molecule has 0 bridgehead atoms. The molecule has 0 radical (unpaired) electrons. The first-order valence-corrected chi connectivity index (χ1v) is 12.2. The van der Waals surface area contributed by atoms with E-state index in [9.17, 15) is 18.0 Å². The summed E-state index contributed by atoms with van der Waals surface area (Å²) in [6, 6.07) is 12.6. The van der Waals surface area contributed by atoms with E-state index >= 15 is 0 Å². The maximum atomic E-state index is 13.3. The number of carbonyl (C=O) groups is 2. The third-order valence-electron chi connectivity index (χ3n) is 4.53. The van der Waals surface area contributed by atoms with E-state index in [2.05, 4.69) is 5.32 Å². The van der Waals surface area contributed by atoms with Gasteiger partial charge in [0.05, 0.1) is 11.9 Å². The van der Waals surface area contributed by atoms with Crippen LogP contribution >= 0.6 is 23.2 Å². The molecule has 2 rings (SSSR count). The molecule has 0 spiro atoms. The van der Waals surface area contributed by atoms with Crippen molar-refractivity contribution in [3.63, 3.8) is 0 Å². The molecule has 0 aliphatic rings. The van der Waals surface area contributed by atoms with Crippen LogP contribution in [0.2, 0.25) is 10.0 Å². The summed E-state index contributed by atoms with van der Waals surface area (Å²) in [4.78, 5) is 27.1. The lowest BCUT2D eigenvalue weighted by molar-refractivity contribution is -0.139. The fraction of sp³-hybridized carbons (Fsp3) is 0.333. The molecule has 0 aliphatic carbocycles. The molecule has 2 aromatic rings. The maximum absolute atomic E-state index is 13.3. The Balaban J connectivity index is 2.39. The van der Waals surface area contributed by atoms with Crippen molar-refractivity contribution in [1.82, 2.24) is 10.2 Å². The highest BCUT2D eigenvalue weighted by atomic mass is 35.5. The van der Waals surface area contributed by atoms with Gasteiger partial charge in [-0.15, -0.1) is 0 Å². The molecule has 1 N–H and O–H groups in total. The number of halogens is 2. The molecule has 0 aliphatic heterocycles. The Hall–Kier alpha value is -2.29. The standard InChI is InChI=1S/C21H25Cl2N3O4S/c1-4-24-21(28)15(2)25(13-16-8-6-5-7-9-16)20(27)14-26(31(3,29)30)19-11-17(22)10-18(23)12-19/h5-12,15H,4,13-14H2,1-3H3,(H,24,28). The van der Waals surface area contributed by atoms with Gasteiger partial charge in [-0.1, -0.05) is 53.5 Å². The minimum Gasteiger partial charge on any atom is -0.355 e. The topological polar surface area (TPSA) is 86.8 Å². The molecule has 0 fully saturated rings. The second-order valence-corrected chi connectivity index (χ2v) is 9.75. The van der Waals surface area contributed by atoms with E-state index in [1.165, 1.54) is 23.1 Å². The fourth-order valence-corrected chi connectivity index (χ4v) is 4.33. The van der Waals surface area contributed by atoms with E-state index in [0.29, 0.717) is 6.54 Å². The predicted octanol–water partition coefficient (Wildman–Crippen LogP) is 3.31. The summed E-state index contributed by atoms with van der Waals surface area (Å²) in [5, 5.41) is 3.17. The van der Waals surface area contributed by atoms with Crippen LogP contribution in [0.4, 0.5) is 5.69 Å².